The van der Waals surface area contributed by atoms with Crippen molar-refractivity contribution >= 4 is 12.1 Å². The monoisotopic (exact) mass is 280 g/mol. The minimum absolute atomic E-state index is 0.117. The van der Waals surface area contributed by atoms with Crippen molar-refractivity contribution in [3.05, 3.63) is 24.5 Å². The summed E-state index contributed by atoms with van der Waals surface area (Å²) >= 11 is 0. The first kappa shape index (κ1) is 14.4. The van der Waals surface area contributed by atoms with Gasteiger partial charge in [0.05, 0.1) is 6.54 Å². The van der Waals surface area contributed by atoms with E-state index in [1.807, 2.05) is 0 Å². The van der Waals surface area contributed by atoms with Crippen molar-refractivity contribution in [2.75, 3.05) is 13.1 Å². The van der Waals surface area contributed by atoms with Gasteiger partial charge in [0.1, 0.15) is 5.60 Å². The minimum Gasteiger partial charge on any atom is -0.479 e. The van der Waals surface area contributed by atoms with Gasteiger partial charge in [0, 0.05) is 25.4 Å². The van der Waals surface area contributed by atoms with Gasteiger partial charge in [-0.1, -0.05) is 0 Å². The minimum atomic E-state index is -1.10. The first-order valence-corrected chi connectivity index (χ1v) is 6.59. The van der Waals surface area contributed by atoms with E-state index >= 15 is 0 Å². The molecule has 0 saturated carbocycles. The Labute approximate surface area is 117 Å². The number of aromatic nitrogens is 1. The van der Waals surface area contributed by atoms with E-state index in [0.29, 0.717) is 13.0 Å². The van der Waals surface area contributed by atoms with E-state index in [0.717, 1.165) is 0 Å². The Morgan fingerprint density at radius 3 is 2.35 bits per heavy atom. The number of carbonyl (C=O) groups excluding carboxylic acids is 1. The summed E-state index contributed by atoms with van der Waals surface area (Å²) in [6, 6.07) is 3.56. The van der Waals surface area contributed by atoms with Crippen molar-refractivity contribution < 1.29 is 19.4 Å². The predicted octanol–water partition coefficient (Wildman–Crippen LogP) is 1.91. The van der Waals surface area contributed by atoms with Crippen LogP contribution in [0.1, 0.15) is 27.2 Å². The number of nitrogens with zero attached hydrogens (tertiary/aromatic N) is 2. The lowest BCUT2D eigenvalue weighted by Gasteiger charge is -2.28. The number of likely N-dealkylation sites (tertiary alicyclic amines) is 1. The average molecular weight is 280 g/mol. The molecule has 6 heteroatoms. The molecule has 1 unspecified atom stereocenters. The van der Waals surface area contributed by atoms with Crippen LogP contribution in [0.5, 0.6) is 0 Å². The lowest BCUT2D eigenvalue weighted by atomic mass is 9.99. The molecule has 0 aromatic carbocycles. The fourth-order valence-electron chi connectivity index (χ4n) is 2.39. The van der Waals surface area contributed by atoms with E-state index in [2.05, 4.69) is 0 Å². The van der Waals surface area contributed by atoms with Gasteiger partial charge in [0.15, 0.2) is 5.54 Å². The molecule has 0 radical (unpaired) electrons. The van der Waals surface area contributed by atoms with Gasteiger partial charge in [-0.3, -0.25) is 0 Å². The lowest BCUT2D eigenvalue weighted by molar-refractivity contribution is -0.146. The maximum absolute atomic E-state index is 12.0. The normalized spacial score (nSPS) is 22.9. The molecule has 1 aromatic rings. The molecule has 20 heavy (non-hydrogen) atoms. The van der Waals surface area contributed by atoms with E-state index in [4.69, 9.17) is 4.74 Å². The molecule has 2 heterocycles. The standard InChI is InChI=1S/C14H20N2O4/c1-13(2,3)20-12(19)15-9-6-14(10-15,11(17)18)16-7-4-5-8-16/h4-5,7-8H,6,9-10H2,1-3H3,(H,17,18). The van der Waals surface area contributed by atoms with Crippen molar-refractivity contribution in [1.29, 1.82) is 0 Å². The number of carboxylic acid groups (broad SMARTS) is 1. The van der Waals surface area contributed by atoms with Crippen molar-refractivity contribution in [2.24, 2.45) is 0 Å². The number of carbonyl (C=O) groups is 2. The van der Waals surface area contributed by atoms with Crippen LogP contribution in [0.4, 0.5) is 4.79 Å². The maximum atomic E-state index is 12.0. The Bertz CT molecular complexity index is 504. The molecular formula is C14H20N2O4. The summed E-state index contributed by atoms with van der Waals surface area (Å²) in [4.78, 5) is 25.2. The molecule has 0 bridgehead atoms. The smallest absolute Gasteiger partial charge is 0.410 e. The van der Waals surface area contributed by atoms with E-state index in [-0.39, 0.29) is 6.54 Å². The third kappa shape index (κ3) is 2.64. The Balaban J connectivity index is 2.17. The first-order chi connectivity index (χ1) is 9.24. The van der Waals surface area contributed by atoms with Gasteiger partial charge < -0.3 is 19.3 Å². The molecule has 1 aromatic heterocycles. The first-order valence-electron chi connectivity index (χ1n) is 6.59. The van der Waals surface area contributed by atoms with E-state index in [9.17, 15) is 14.7 Å². The van der Waals surface area contributed by atoms with Crippen LogP contribution in [0.2, 0.25) is 0 Å². The molecule has 1 aliphatic rings. The van der Waals surface area contributed by atoms with Crippen LogP contribution in [0, 0.1) is 0 Å². The molecule has 0 aliphatic carbocycles. The Kier molecular flexibility index (Phi) is 3.50. The molecular weight excluding hydrogens is 260 g/mol. The molecule has 1 saturated heterocycles. The summed E-state index contributed by atoms with van der Waals surface area (Å²) in [6.45, 7) is 5.86. The maximum Gasteiger partial charge on any atom is 0.410 e. The van der Waals surface area contributed by atoms with Gasteiger partial charge in [-0.2, -0.15) is 0 Å². The van der Waals surface area contributed by atoms with Gasteiger partial charge >= 0.3 is 12.1 Å². The number of hydrogen-bond acceptors (Lipinski definition) is 3. The molecule has 2 rings (SSSR count). The fourth-order valence-corrected chi connectivity index (χ4v) is 2.39. The van der Waals surface area contributed by atoms with Gasteiger partial charge in [0.2, 0.25) is 0 Å². The van der Waals surface area contributed by atoms with Crippen molar-refractivity contribution in [3.63, 3.8) is 0 Å². The molecule has 1 atom stereocenters. The number of rotatable bonds is 2. The largest absolute Gasteiger partial charge is 0.479 e. The number of hydrogen-bond donors (Lipinski definition) is 1. The van der Waals surface area contributed by atoms with Crippen molar-refractivity contribution in [1.82, 2.24) is 9.47 Å². The summed E-state index contributed by atoms with van der Waals surface area (Å²) in [5, 5.41) is 9.57. The van der Waals surface area contributed by atoms with Crippen molar-refractivity contribution in [2.45, 2.75) is 38.3 Å². The zero-order valence-electron chi connectivity index (χ0n) is 12.0. The van der Waals surface area contributed by atoms with Gasteiger partial charge in [0.25, 0.3) is 0 Å². The second-order valence-electron chi connectivity index (χ2n) is 6.08. The summed E-state index contributed by atoms with van der Waals surface area (Å²) in [6.07, 6.45) is 3.34. The van der Waals surface area contributed by atoms with Gasteiger partial charge in [-0.05, 0) is 32.9 Å². The van der Waals surface area contributed by atoms with Crippen LogP contribution in [-0.2, 0) is 15.1 Å². The highest BCUT2D eigenvalue weighted by atomic mass is 16.6. The number of ether oxygens (including phenoxy) is 1. The highest BCUT2D eigenvalue weighted by molar-refractivity contribution is 5.79. The van der Waals surface area contributed by atoms with Crippen LogP contribution >= 0.6 is 0 Å². The molecule has 1 aliphatic heterocycles. The Morgan fingerprint density at radius 1 is 1.25 bits per heavy atom. The van der Waals surface area contributed by atoms with E-state index < -0.39 is 23.2 Å². The number of carboxylic acids is 1. The third-order valence-corrected chi connectivity index (χ3v) is 3.40. The summed E-state index contributed by atoms with van der Waals surface area (Å²) in [7, 11) is 0. The van der Waals surface area contributed by atoms with E-state index in [1.54, 1.807) is 49.9 Å². The van der Waals surface area contributed by atoms with E-state index in [1.165, 1.54) is 4.90 Å². The van der Waals surface area contributed by atoms with Crippen LogP contribution in [0.3, 0.4) is 0 Å². The fraction of sp³-hybridized carbons (Fsp3) is 0.571. The third-order valence-electron chi connectivity index (χ3n) is 3.40. The zero-order chi connectivity index (χ0) is 15.0. The molecule has 1 amide bonds. The lowest BCUT2D eigenvalue weighted by Crippen LogP contribution is -2.45. The zero-order valence-corrected chi connectivity index (χ0v) is 12.0. The average Bonchev–Trinajstić information content (AvgIpc) is 2.97. The Hall–Kier alpha value is -1.98. The molecule has 6 nitrogen and oxygen atoms in total. The summed E-state index contributed by atoms with van der Waals surface area (Å²) in [5.41, 5.74) is -1.68. The molecule has 0 spiro atoms. The quantitative estimate of drug-likeness (QED) is 0.898. The highest BCUT2D eigenvalue weighted by Gasteiger charge is 2.48. The molecule has 1 N–H and O–H groups in total. The topological polar surface area (TPSA) is 71.8 Å². The predicted molar refractivity (Wildman–Crippen MR) is 72.5 cm³/mol. The summed E-state index contributed by atoms with van der Waals surface area (Å²) in [5.74, 6) is -0.931. The summed E-state index contributed by atoms with van der Waals surface area (Å²) < 4.78 is 6.95. The van der Waals surface area contributed by atoms with Crippen LogP contribution in [-0.4, -0.2) is 45.3 Å². The number of amides is 1. The van der Waals surface area contributed by atoms with Gasteiger partial charge in [-0.15, -0.1) is 0 Å². The number of aliphatic carboxylic acids is 1. The van der Waals surface area contributed by atoms with Gasteiger partial charge in [-0.25, -0.2) is 9.59 Å². The highest BCUT2D eigenvalue weighted by Crippen LogP contribution is 2.30. The van der Waals surface area contributed by atoms with Crippen LogP contribution in [0.15, 0.2) is 24.5 Å². The van der Waals surface area contributed by atoms with Crippen molar-refractivity contribution in [3.8, 4) is 0 Å². The van der Waals surface area contributed by atoms with Crippen LogP contribution < -0.4 is 0 Å². The van der Waals surface area contributed by atoms with Crippen LogP contribution in [0.25, 0.3) is 0 Å². The molecule has 1 fully saturated rings. The Morgan fingerprint density at radius 2 is 1.85 bits per heavy atom. The second kappa shape index (κ2) is 4.85. The molecule has 110 valence electrons. The second-order valence-corrected chi connectivity index (χ2v) is 6.08. The SMILES string of the molecule is CC(C)(C)OC(=O)N1CCC(C(=O)O)(n2cccc2)C1.